The number of esters is 1. The first-order valence-corrected chi connectivity index (χ1v) is 11.9. The summed E-state index contributed by atoms with van der Waals surface area (Å²) in [6, 6.07) is 20.5. The Hall–Kier alpha value is -3.18. The number of nitrogens with two attached hydrogens (primary N) is 1. The van der Waals surface area contributed by atoms with Gasteiger partial charge in [0.15, 0.2) is 0 Å². The highest BCUT2D eigenvalue weighted by Crippen LogP contribution is 2.28. The van der Waals surface area contributed by atoms with Crippen molar-refractivity contribution in [2.75, 3.05) is 13.7 Å². The van der Waals surface area contributed by atoms with Gasteiger partial charge in [0.05, 0.1) is 31.9 Å². The Labute approximate surface area is 203 Å². The third-order valence-corrected chi connectivity index (χ3v) is 6.13. The summed E-state index contributed by atoms with van der Waals surface area (Å²) >= 11 is 0. The number of carbonyl (C=O) groups is 1. The fourth-order valence-corrected chi connectivity index (χ4v) is 3.97. The summed E-state index contributed by atoms with van der Waals surface area (Å²) < 4.78 is 10.9. The van der Waals surface area contributed by atoms with E-state index in [4.69, 9.17) is 15.2 Å². The number of pyridine rings is 1. The lowest BCUT2D eigenvalue weighted by atomic mass is 9.88. The van der Waals surface area contributed by atoms with Crippen molar-refractivity contribution in [3.63, 3.8) is 0 Å². The van der Waals surface area contributed by atoms with Gasteiger partial charge in [0, 0.05) is 12.6 Å². The molecule has 0 aliphatic carbocycles. The molecule has 180 valence electrons. The topological polar surface area (TPSA) is 74.4 Å². The fourth-order valence-electron chi connectivity index (χ4n) is 3.97. The van der Waals surface area contributed by atoms with Crippen LogP contribution in [0.25, 0.3) is 0 Å². The summed E-state index contributed by atoms with van der Waals surface area (Å²) in [4.78, 5) is 16.4. The number of aryl methyl sites for hydroxylation is 1. The first-order chi connectivity index (χ1) is 16.4. The van der Waals surface area contributed by atoms with Crippen LogP contribution in [0.4, 0.5) is 0 Å². The number of hydrogen-bond acceptors (Lipinski definition) is 5. The summed E-state index contributed by atoms with van der Waals surface area (Å²) in [5, 5.41) is 0. The normalized spacial score (nSPS) is 12.9. The third-order valence-electron chi connectivity index (χ3n) is 6.13. The van der Waals surface area contributed by atoms with Gasteiger partial charge in [0.1, 0.15) is 5.75 Å². The van der Waals surface area contributed by atoms with Crippen molar-refractivity contribution in [1.29, 1.82) is 0 Å². The molecular formula is C29H36N2O3. The molecule has 3 rings (SSSR count). The summed E-state index contributed by atoms with van der Waals surface area (Å²) in [6.45, 7) is 6.91. The van der Waals surface area contributed by atoms with E-state index in [0.717, 1.165) is 34.6 Å². The van der Waals surface area contributed by atoms with Crippen molar-refractivity contribution in [2.24, 2.45) is 5.73 Å². The molecule has 5 heteroatoms. The van der Waals surface area contributed by atoms with Crippen LogP contribution in [-0.4, -0.2) is 24.7 Å². The minimum Gasteiger partial charge on any atom is -0.494 e. The Morgan fingerprint density at radius 2 is 1.68 bits per heavy atom. The first kappa shape index (κ1) is 25.4. The fraction of sp³-hybridized carbons (Fsp3) is 0.379. The van der Waals surface area contributed by atoms with E-state index < -0.39 is 0 Å². The van der Waals surface area contributed by atoms with Crippen LogP contribution < -0.4 is 10.5 Å². The quantitative estimate of drug-likeness (QED) is 0.362. The van der Waals surface area contributed by atoms with Crippen molar-refractivity contribution < 1.29 is 14.3 Å². The summed E-state index contributed by atoms with van der Waals surface area (Å²) in [5.41, 5.74) is 11.9. The number of nitrogens with zero attached hydrogens (tertiary/aromatic N) is 1. The summed E-state index contributed by atoms with van der Waals surface area (Å²) in [5.74, 6) is 1.14. The molecule has 5 nitrogen and oxygen atoms in total. The lowest BCUT2D eigenvalue weighted by Gasteiger charge is -2.18. The molecule has 2 aromatic carbocycles. The third kappa shape index (κ3) is 7.42. The van der Waals surface area contributed by atoms with Gasteiger partial charge in [-0.05, 0) is 71.7 Å². The molecule has 0 amide bonds. The maximum absolute atomic E-state index is 12.1. The molecular weight excluding hydrogens is 424 g/mol. The lowest BCUT2D eigenvalue weighted by molar-refractivity contribution is -0.141. The molecule has 34 heavy (non-hydrogen) atoms. The smallest absolute Gasteiger partial charge is 0.306 e. The Kier molecular flexibility index (Phi) is 9.23. The van der Waals surface area contributed by atoms with Crippen LogP contribution in [-0.2, 0) is 16.0 Å². The average molecular weight is 461 g/mol. The van der Waals surface area contributed by atoms with Gasteiger partial charge in [-0.2, -0.15) is 0 Å². The van der Waals surface area contributed by atoms with Crippen LogP contribution in [0.5, 0.6) is 5.75 Å². The number of carbonyl (C=O) groups excluding carboxylic acids is 1. The zero-order valence-corrected chi connectivity index (χ0v) is 20.7. The second-order valence-corrected chi connectivity index (χ2v) is 9.15. The van der Waals surface area contributed by atoms with Crippen molar-refractivity contribution in [2.45, 2.75) is 57.9 Å². The molecule has 0 bridgehead atoms. The van der Waals surface area contributed by atoms with E-state index in [2.05, 4.69) is 55.2 Å². The maximum Gasteiger partial charge on any atom is 0.306 e. The highest BCUT2D eigenvalue weighted by Gasteiger charge is 2.18. The molecule has 0 aliphatic rings. The van der Waals surface area contributed by atoms with Gasteiger partial charge in [0.25, 0.3) is 0 Å². The number of benzene rings is 2. The van der Waals surface area contributed by atoms with Crippen LogP contribution >= 0.6 is 0 Å². The van der Waals surface area contributed by atoms with Crippen molar-refractivity contribution in [3.05, 3.63) is 94.8 Å². The van der Waals surface area contributed by atoms with Gasteiger partial charge < -0.3 is 15.2 Å². The number of aromatic nitrogens is 1. The van der Waals surface area contributed by atoms with E-state index in [1.54, 1.807) is 6.20 Å². The second-order valence-electron chi connectivity index (χ2n) is 9.15. The number of ether oxygens (including phenoxy) is 2. The number of hydrogen-bond donors (Lipinski definition) is 1. The molecule has 0 spiro atoms. The van der Waals surface area contributed by atoms with Crippen LogP contribution in [0.3, 0.4) is 0 Å². The average Bonchev–Trinajstić information content (AvgIpc) is 2.84. The zero-order chi connectivity index (χ0) is 24.5. The van der Waals surface area contributed by atoms with Crippen LogP contribution in [0, 0.1) is 6.92 Å². The summed E-state index contributed by atoms with van der Waals surface area (Å²) in [7, 11) is 1.44. The molecule has 2 atom stereocenters. The minimum atomic E-state index is -0.197. The lowest BCUT2D eigenvalue weighted by Crippen LogP contribution is -2.15. The highest BCUT2D eigenvalue weighted by molar-refractivity contribution is 5.70. The largest absolute Gasteiger partial charge is 0.494 e. The molecule has 0 aliphatic heterocycles. The van der Waals surface area contributed by atoms with Crippen molar-refractivity contribution in [1.82, 2.24) is 4.98 Å². The molecule has 0 saturated heterocycles. The van der Waals surface area contributed by atoms with Gasteiger partial charge in [-0.25, -0.2) is 0 Å². The Balaban J connectivity index is 1.59. The monoisotopic (exact) mass is 460 g/mol. The minimum absolute atomic E-state index is 0.0558. The van der Waals surface area contributed by atoms with E-state index >= 15 is 0 Å². The SMILES string of the molecule is COC(=O)CC(Cc1ccc(OCCC(N)c2cc(C)ccn2)cc1)c1ccc(C(C)C)cc1. The Morgan fingerprint density at radius 3 is 2.29 bits per heavy atom. The van der Waals surface area contributed by atoms with Gasteiger partial charge in [-0.1, -0.05) is 50.2 Å². The van der Waals surface area contributed by atoms with E-state index in [9.17, 15) is 4.79 Å². The summed E-state index contributed by atoms with van der Waals surface area (Å²) in [6.07, 6.45) is 3.57. The highest BCUT2D eigenvalue weighted by atomic mass is 16.5. The molecule has 1 heterocycles. The van der Waals surface area contributed by atoms with Crippen LogP contribution in [0.1, 0.15) is 72.5 Å². The molecule has 1 aromatic heterocycles. The van der Waals surface area contributed by atoms with Crippen LogP contribution in [0.2, 0.25) is 0 Å². The molecule has 0 radical (unpaired) electrons. The maximum atomic E-state index is 12.1. The second kappa shape index (κ2) is 12.3. The first-order valence-electron chi connectivity index (χ1n) is 11.9. The standard InChI is InChI=1S/C29H36N2O3/c1-20(2)23-7-9-24(10-8-23)25(19-29(32)33-4)18-22-5-11-26(12-6-22)34-16-14-27(30)28-17-21(3)13-15-31-28/h5-13,15,17,20,25,27H,14,16,18-19,30H2,1-4H3. The molecule has 3 aromatic rings. The van der Waals surface area contributed by atoms with Gasteiger partial charge in [-0.15, -0.1) is 0 Å². The Bertz CT molecular complexity index is 1050. The molecule has 2 unspecified atom stereocenters. The van der Waals surface area contributed by atoms with Gasteiger partial charge in [-0.3, -0.25) is 9.78 Å². The molecule has 2 N–H and O–H groups in total. The predicted octanol–water partition coefficient (Wildman–Crippen LogP) is 5.87. The predicted molar refractivity (Wildman–Crippen MR) is 136 cm³/mol. The van der Waals surface area contributed by atoms with E-state index in [1.807, 2.05) is 31.2 Å². The van der Waals surface area contributed by atoms with Gasteiger partial charge in [0.2, 0.25) is 0 Å². The molecule has 0 saturated carbocycles. The number of rotatable bonds is 11. The van der Waals surface area contributed by atoms with Gasteiger partial charge >= 0.3 is 5.97 Å². The van der Waals surface area contributed by atoms with Crippen molar-refractivity contribution in [3.8, 4) is 5.75 Å². The zero-order valence-electron chi connectivity index (χ0n) is 20.7. The number of methoxy groups -OCH3 is 1. The van der Waals surface area contributed by atoms with Crippen molar-refractivity contribution >= 4 is 5.97 Å². The van der Waals surface area contributed by atoms with E-state index in [0.29, 0.717) is 25.4 Å². The van der Waals surface area contributed by atoms with E-state index in [-0.39, 0.29) is 17.9 Å². The Morgan fingerprint density at radius 1 is 1.00 bits per heavy atom. The van der Waals surface area contributed by atoms with Crippen LogP contribution in [0.15, 0.2) is 66.9 Å². The molecule has 0 fully saturated rings. The van der Waals surface area contributed by atoms with E-state index in [1.165, 1.54) is 12.7 Å².